The second-order valence-corrected chi connectivity index (χ2v) is 12.1. The van der Waals surface area contributed by atoms with Crippen LogP contribution in [0.25, 0.3) is 33.0 Å². The van der Waals surface area contributed by atoms with Gasteiger partial charge in [-0.2, -0.15) is 9.97 Å². The number of aryl methyl sites for hydroxylation is 1. The van der Waals surface area contributed by atoms with Crippen molar-refractivity contribution in [1.82, 2.24) is 14.9 Å². The third-order valence-corrected chi connectivity index (χ3v) is 9.14. The van der Waals surface area contributed by atoms with E-state index in [2.05, 4.69) is 20.2 Å². The van der Waals surface area contributed by atoms with Crippen LogP contribution in [-0.4, -0.2) is 51.4 Å². The summed E-state index contributed by atoms with van der Waals surface area (Å²) in [7, 11) is 0. The quantitative estimate of drug-likeness (QED) is 0.199. The number of hydrogen-bond donors (Lipinski definition) is 2. The molecule has 0 saturated carbocycles. The fraction of sp³-hybridized carbons (Fsp3) is 0.303. The van der Waals surface area contributed by atoms with Crippen LogP contribution in [0.2, 0.25) is 5.02 Å². The molecule has 8 nitrogen and oxygen atoms in total. The molecule has 0 aliphatic carbocycles. The van der Waals surface area contributed by atoms with Crippen molar-refractivity contribution in [2.45, 2.75) is 44.4 Å². The number of anilines is 1. The van der Waals surface area contributed by atoms with E-state index in [0.29, 0.717) is 23.9 Å². The van der Waals surface area contributed by atoms with E-state index in [1.165, 1.54) is 30.3 Å². The Labute approximate surface area is 260 Å². The molecule has 7 rings (SSSR count). The van der Waals surface area contributed by atoms with Gasteiger partial charge in [-0.3, -0.25) is 4.90 Å². The molecular weight excluding hydrogens is 609 g/mol. The molecule has 5 aromatic rings. The summed E-state index contributed by atoms with van der Waals surface area (Å²) in [5, 5.41) is 13.9. The second kappa shape index (κ2) is 11.2. The molecule has 2 aliphatic rings. The van der Waals surface area contributed by atoms with Crippen LogP contribution in [0.5, 0.6) is 11.8 Å². The molecule has 0 amide bonds. The Morgan fingerprint density at radius 3 is 2.84 bits per heavy atom. The standard InChI is InChI=1S/C33H28ClF3N4O4/c1-17-28-26(31(43)45-29(17)22-12-21(42)11-18-5-3-8-24(36)25(18)22)30(38-14-19-6-2-7-23(34)27(19)37)40-32(39-28)44-16-33-9-4-10-41(33)15-20(35)13-33/h2-3,5-8,11-12,20,42H,4,9-10,13-16H2,1H3,(H,38,39,40)/t20-,33+/m1/s1. The van der Waals surface area contributed by atoms with Gasteiger partial charge in [-0.1, -0.05) is 35.9 Å². The Kier molecular flexibility index (Phi) is 7.32. The van der Waals surface area contributed by atoms with Crippen molar-refractivity contribution < 1.29 is 27.4 Å². The van der Waals surface area contributed by atoms with Crippen LogP contribution in [0, 0.1) is 18.6 Å². The fourth-order valence-electron chi connectivity index (χ4n) is 6.74. The molecule has 2 atom stereocenters. The molecule has 0 radical (unpaired) electrons. The van der Waals surface area contributed by atoms with E-state index in [4.69, 9.17) is 20.8 Å². The zero-order chi connectivity index (χ0) is 31.5. The van der Waals surface area contributed by atoms with Gasteiger partial charge in [-0.05, 0) is 56.0 Å². The summed E-state index contributed by atoms with van der Waals surface area (Å²) < 4.78 is 56.2. The van der Waals surface area contributed by atoms with Gasteiger partial charge in [0, 0.05) is 41.6 Å². The Balaban J connectivity index is 1.37. The molecule has 2 fully saturated rings. The Hall–Kier alpha value is -4.35. The highest BCUT2D eigenvalue weighted by Crippen LogP contribution is 2.41. The summed E-state index contributed by atoms with van der Waals surface area (Å²) in [5.41, 5.74) is -0.412. The predicted molar refractivity (Wildman–Crippen MR) is 165 cm³/mol. The lowest BCUT2D eigenvalue weighted by Gasteiger charge is -2.30. The predicted octanol–water partition coefficient (Wildman–Crippen LogP) is 6.92. The van der Waals surface area contributed by atoms with Crippen molar-refractivity contribution in [3.8, 4) is 23.1 Å². The maximum Gasteiger partial charge on any atom is 0.349 e. The fourth-order valence-corrected chi connectivity index (χ4v) is 6.93. The van der Waals surface area contributed by atoms with E-state index >= 15 is 4.39 Å². The first kappa shape index (κ1) is 29.4. The summed E-state index contributed by atoms with van der Waals surface area (Å²) >= 11 is 5.97. The highest BCUT2D eigenvalue weighted by Gasteiger charge is 2.49. The molecule has 2 N–H and O–H groups in total. The number of alkyl halides is 1. The van der Waals surface area contributed by atoms with Gasteiger partial charge in [-0.15, -0.1) is 0 Å². The van der Waals surface area contributed by atoms with Gasteiger partial charge in [0.05, 0.1) is 16.1 Å². The maximum absolute atomic E-state index is 15.1. The molecule has 0 spiro atoms. The van der Waals surface area contributed by atoms with Gasteiger partial charge in [0.1, 0.15) is 47.1 Å². The zero-order valence-electron chi connectivity index (χ0n) is 24.2. The number of nitrogens with one attached hydrogen (secondary N) is 1. The first-order valence-corrected chi connectivity index (χ1v) is 15.0. The van der Waals surface area contributed by atoms with Crippen molar-refractivity contribution >= 4 is 39.1 Å². The van der Waals surface area contributed by atoms with Gasteiger partial charge < -0.3 is 19.6 Å². The molecule has 0 unspecified atom stereocenters. The van der Waals surface area contributed by atoms with Gasteiger partial charge in [0.15, 0.2) is 0 Å². The van der Waals surface area contributed by atoms with Crippen LogP contribution >= 0.6 is 11.6 Å². The summed E-state index contributed by atoms with van der Waals surface area (Å²) in [6.45, 7) is 2.83. The third kappa shape index (κ3) is 5.13. The number of ether oxygens (including phenoxy) is 1. The van der Waals surface area contributed by atoms with E-state index in [1.54, 1.807) is 25.1 Å². The number of aromatic nitrogens is 2. The van der Waals surface area contributed by atoms with Crippen LogP contribution in [0.3, 0.4) is 0 Å². The average molecular weight is 637 g/mol. The van der Waals surface area contributed by atoms with E-state index in [-0.39, 0.29) is 68.9 Å². The Bertz CT molecular complexity index is 2040. The maximum atomic E-state index is 15.1. The highest BCUT2D eigenvalue weighted by atomic mass is 35.5. The smallest absolute Gasteiger partial charge is 0.349 e. The second-order valence-electron chi connectivity index (χ2n) is 11.7. The van der Waals surface area contributed by atoms with E-state index in [1.807, 2.05) is 0 Å². The topological polar surface area (TPSA) is 101 Å². The largest absolute Gasteiger partial charge is 0.508 e. The lowest BCUT2D eigenvalue weighted by atomic mass is 9.95. The van der Waals surface area contributed by atoms with Gasteiger partial charge in [0.2, 0.25) is 0 Å². The molecule has 4 heterocycles. The average Bonchev–Trinajstić information content (AvgIpc) is 3.53. The summed E-state index contributed by atoms with van der Waals surface area (Å²) in [5.74, 6) is -1.30. The number of nitrogens with zero attached hydrogens (tertiary/aromatic N) is 3. The number of aromatic hydroxyl groups is 1. The van der Waals surface area contributed by atoms with E-state index < -0.39 is 29.0 Å². The number of halogens is 4. The zero-order valence-corrected chi connectivity index (χ0v) is 24.9. The molecule has 12 heteroatoms. The Morgan fingerprint density at radius 2 is 2.00 bits per heavy atom. The van der Waals surface area contributed by atoms with E-state index in [0.717, 1.165) is 19.4 Å². The molecule has 3 aromatic carbocycles. The van der Waals surface area contributed by atoms with Crippen LogP contribution < -0.4 is 15.7 Å². The van der Waals surface area contributed by atoms with Crippen LogP contribution in [0.4, 0.5) is 19.0 Å². The molecule has 2 aliphatic heterocycles. The van der Waals surface area contributed by atoms with Crippen molar-refractivity contribution in [3.63, 3.8) is 0 Å². The van der Waals surface area contributed by atoms with Crippen molar-refractivity contribution in [3.05, 3.63) is 86.7 Å². The molecule has 232 valence electrons. The van der Waals surface area contributed by atoms with Crippen LogP contribution in [0.1, 0.15) is 30.4 Å². The highest BCUT2D eigenvalue weighted by molar-refractivity contribution is 6.30. The number of benzene rings is 3. The van der Waals surface area contributed by atoms with Gasteiger partial charge >= 0.3 is 11.6 Å². The summed E-state index contributed by atoms with van der Waals surface area (Å²) in [6, 6.07) is 11.7. The van der Waals surface area contributed by atoms with E-state index in [9.17, 15) is 18.7 Å². The normalized spacial score (nSPS) is 19.8. The number of rotatable bonds is 7. The van der Waals surface area contributed by atoms with Crippen LogP contribution in [-0.2, 0) is 6.54 Å². The van der Waals surface area contributed by atoms with Crippen molar-refractivity contribution in [1.29, 1.82) is 0 Å². The van der Waals surface area contributed by atoms with Crippen molar-refractivity contribution in [2.24, 2.45) is 0 Å². The minimum absolute atomic E-state index is 0.00612. The lowest BCUT2D eigenvalue weighted by Crippen LogP contribution is -2.43. The minimum Gasteiger partial charge on any atom is -0.508 e. The third-order valence-electron chi connectivity index (χ3n) is 8.85. The first-order valence-electron chi connectivity index (χ1n) is 14.6. The van der Waals surface area contributed by atoms with Gasteiger partial charge in [-0.25, -0.2) is 18.0 Å². The van der Waals surface area contributed by atoms with Crippen molar-refractivity contribution in [2.75, 3.05) is 25.0 Å². The number of hydrogen-bond acceptors (Lipinski definition) is 8. The Morgan fingerprint density at radius 1 is 1.18 bits per heavy atom. The van der Waals surface area contributed by atoms with Gasteiger partial charge in [0.25, 0.3) is 0 Å². The molecule has 2 aromatic heterocycles. The number of fused-ring (bicyclic) bond motifs is 3. The summed E-state index contributed by atoms with van der Waals surface area (Å²) in [6.07, 6.45) is 1.07. The minimum atomic E-state index is -0.955. The summed E-state index contributed by atoms with van der Waals surface area (Å²) in [4.78, 5) is 24.8. The first-order chi connectivity index (χ1) is 21.6. The number of phenolic OH excluding ortho intramolecular Hbond substituents is 1. The number of phenols is 1. The molecule has 0 bridgehead atoms. The van der Waals surface area contributed by atoms with Crippen LogP contribution in [0.15, 0.2) is 57.7 Å². The SMILES string of the molecule is Cc1c(-c2cc(O)cc3cccc(F)c23)oc(=O)c2c(NCc3cccc(Cl)c3F)nc(OC[C@@]34CCCN3C[C@H](F)C4)nc12. The molecule has 45 heavy (non-hydrogen) atoms. The molecular formula is C33H28ClF3N4O4. The molecule has 2 saturated heterocycles. The lowest BCUT2D eigenvalue weighted by molar-refractivity contribution is 0.107. The monoisotopic (exact) mass is 636 g/mol.